The van der Waals surface area contributed by atoms with Crippen LogP contribution >= 0.6 is 0 Å². The number of methoxy groups -OCH3 is 1. The predicted octanol–water partition coefficient (Wildman–Crippen LogP) is 3.83. The van der Waals surface area contributed by atoms with Crippen LogP contribution < -0.4 is 20.5 Å². The van der Waals surface area contributed by atoms with Crippen molar-refractivity contribution in [2.45, 2.75) is 38.8 Å². The normalized spacial score (nSPS) is 19.8. The van der Waals surface area contributed by atoms with Crippen molar-refractivity contribution in [3.63, 3.8) is 0 Å². The Hall–Kier alpha value is -2.53. The van der Waals surface area contributed by atoms with Gasteiger partial charge in [-0.25, -0.2) is 0 Å². The number of hydrogen-bond donors (Lipinski definition) is 2. The first-order chi connectivity index (χ1) is 13.6. The van der Waals surface area contributed by atoms with E-state index in [1.54, 1.807) is 7.11 Å². The molecule has 0 bridgehead atoms. The van der Waals surface area contributed by atoms with Crippen LogP contribution in [0.4, 0.5) is 0 Å². The lowest BCUT2D eigenvalue weighted by Crippen LogP contribution is -2.36. The number of carbonyl (C=O) groups is 1. The molecule has 1 aliphatic rings. The Balaban J connectivity index is 1.64. The van der Waals surface area contributed by atoms with Crippen LogP contribution in [-0.4, -0.2) is 19.6 Å². The molecule has 5 heteroatoms. The smallest absolute Gasteiger partial charge is 0.223 e. The highest BCUT2D eigenvalue weighted by Gasteiger charge is 2.32. The van der Waals surface area contributed by atoms with E-state index in [1.807, 2.05) is 55.5 Å². The van der Waals surface area contributed by atoms with Crippen LogP contribution in [-0.2, 0) is 11.4 Å². The van der Waals surface area contributed by atoms with Crippen LogP contribution in [0.1, 0.15) is 43.4 Å². The molecular formula is C23H30N2O3. The Bertz CT molecular complexity index is 779. The molecule has 3 rings (SSSR count). The summed E-state index contributed by atoms with van der Waals surface area (Å²) in [5.41, 5.74) is 7.90. The molecule has 0 saturated heterocycles. The van der Waals surface area contributed by atoms with Gasteiger partial charge < -0.3 is 20.5 Å². The van der Waals surface area contributed by atoms with Crippen molar-refractivity contribution >= 4 is 5.91 Å². The summed E-state index contributed by atoms with van der Waals surface area (Å²) >= 11 is 0. The molecule has 0 heterocycles. The van der Waals surface area contributed by atoms with E-state index in [4.69, 9.17) is 15.2 Å². The van der Waals surface area contributed by atoms with Gasteiger partial charge in [-0.15, -0.1) is 0 Å². The summed E-state index contributed by atoms with van der Waals surface area (Å²) in [6, 6.07) is 15.7. The summed E-state index contributed by atoms with van der Waals surface area (Å²) < 4.78 is 11.4. The quantitative estimate of drug-likeness (QED) is 0.728. The summed E-state index contributed by atoms with van der Waals surface area (Å²) in [5, 5.41) is 3.14. The highest BCUT2D eigenvalue weighted by Crippen LogP contribution is 2.33. The van der Waals surface area contributed by atoms with Gasteiger partial charge in [0.1, 0.15) is 6.61 Å². The maximum Gasteiger partial charge on any atom is 0.223 e. The molecule has 1 aliphatic carbocycles. The molecule has 5 nitrogen and oxygen atoms in total. The van der Waals surface area contributed by atoms with Crippen LogP contribution in [0.25, 0.3) is 0 Å². The molecule has 2 aromatic rings. The van der Waals surface area contributed by atoms with Crippen molar-refractivity contribution in [2.24, 2.45) is 17.6 Å². The molecule has 1 fully saturated rings. The maximum absolute atomic E-state index is 12.7. The van der Waals surface area contributed by atoms with Crippen LogP contribution in [0, 0.1) is 11.8 Å². The predicted molar refractivity (Wildman–Crippen MR) is 110 cm³/mol. The molecule has 1 saturated carbocycles. The van der Waals surface area contributed by atoms with Crippen LogP contribution in [0.15, 0.2) is 48.5 Å². The van der Waals surface area contributed by atoms with E-state index in [-0.39, 0.29) is 17.9 Å². The second-order valence-corrected chi connectivity index (χ2v) is 7.45. The summed E-state index contributed by atoms with van der Waals surface area (Å²) in [7, 11) is 1.63. The van der Waals surface area contributed by atoms with E-state index in [9.17, 15) is 4.79 Å². The Labute approximate surface area is 167 Å². The van der Waals surface area contributed by atoms with Crippen LogP contribution in [0.3, 0.4) is 0 Å². The Morgan fingerprint density at radius 1 is 1.18 bits per heavy atom. The van der Waals surface area contributed by atoms with Crippen molar-refractivity contribution < 1.29 is 14.3 Å². The van der Waals surface area contributed by atoms with Crippen molar-refractivity contribution in [1.29, 1.82) is 0 Å². The first kappa shape index (κ1) is 20.2. The lowest BCUT2D eigenvalue weighted by atomic mass is 9.94. The number of nitrogens with two attached hydrogens (primary N) is 1. The second-order valence-electron chi connectivity index (χ2n) is 7.45. The topological polar surface area (TPSA) is 73.6 Å². The van der Waals surface area contributed by atoms with Crippen molar-refractivity contribution in [3.05, 3.63) is 59.7 Å². The Morgan fingerprint density at radius 3 is 2.68 bits per heavy atom. The molecule has 0 radical (unpaired) electrons. The maximum atomic E-state index is 12.7. The van der Waals surface area contributed by atoms with Gasteiger partial charge in [0, 0.05) is 5.92 Å². The zero-order valence-corrected chi connectivity index (χ0v) is 16.7. The molecule has 3 N–H and O–H groups in total. The van der Waals surface area contributed by atoms with E-state index in [1.165, 1.54) is 0 Å². The van der Waals surface area contributed by atoms with E-state index in [0.29, 0.717) is 30.6 Å². The fraction of sp³-hybridized carbons (Fsp3) is 0.435. The largest absolute Gasteiger partial charge is 0.493 e. The SMILES string of the molecule is COc1cc(C(C)NC(=O)[C@@H]2CCC[C@@H]2CN)ccc1OCc1ccccc1. The lowest BCUT2D eigenvalue weighted by molar-refractivity contribution is -0.126. The van der Waals surface area contributed by atoms with Gasteiger partial charge in [-0.2, -0.15) is 0 Å². The van der Waals surface area contributed by atoms with Crippen molar-refractivity contribution in [3.8, 4) is 11.5 Å². The van der Waals surface area contributed by atoms with E-state index in [0.717, 1.165) is 30.4 Å². The molecule has 28 heavy (non-hydrogen) atoms. The average molecular weight is 383 g/mol. The molecule has 3 atom stereocenters. The number of nitrogens with one attached hydrogen (secondary N) is 1. The van der Waals surface area contributed by atoms with Crippen LogP contribution in [0.5, 0.6) is 11.5 Å². The Kier molecular flexibility index (Phi) is 6.93. The zero-order valence-electron chi connectivity index (χ0n) is 16.7. The van der Waals surface area contributed by atoms with E-state index < -0.39 is 0 Å². The van der Waals surface area contributed by atoms with E-state index in [2.05, 4.69) is 5.32 Å². The second kappa shape index (κ2) is 9.60. The fourth-order valence-corrected chi connectivity index (χ4v) is 3.88. The molecule has 150 valence electrons. The van der Waals surface area contributed by atoms with Gasteiger partial charge in [0.15, 0.2) is 11.5 Å². The van der Waals surface area contributed by atoms with Crippen molar-refractivity contribution in [2.75, 3.05) is 13.7 Å². The zero-order chi connectivity index (χ0) is 19.9. The molecule has 2 aromatic carbocycles. The minimum absolute atomic E-state index is 0.0304. The van der Waals surface area contributed by atoms with Gasteiger partial charge in [-0.3, -0.25) is 4.79 Å². The van der Waals surface area contributed by atoms with E-state index >= 15 is 0 Å². The highest BCUT2D eigenvalue weighted by molar-refractivity contribution is 5.79. The number of carbonyl (C=O) groups excluding carboxylic acids is 1. The summed E-state index contributed by atoms with van der Waals surface area (Å²) in [5.74, 6) is 1.78. The number of amides is 1. The third kappa shape index (κ3) is 4.84. The van der Waals surface area contributed by atoms with Gasteiger partial charge in [0.2, 0.25) is 5.91 Å². The minimum Gasteiger partial charge on any atom is -0.493 e. The number of benzene rings is 2. The number of rotatable bonds is 8. The van der Waals surface area contributed by atoms with Gasteiger partial charge in [0.05, 0.1) is 13.2 Å². The van der Waals surface area contributed by atoms with Gasteiger partial charge in [0.25, 0.3) is 0 Å². The van der Waals surface area contributed by atoms with Crippen molar-refractivity contribution in [1.82, 2.24) is 5.32 Å². The highest BCUT2D eigenvalue weighted by atomic mass is 16.5. The number of ether oxygens (including phenoxy) is 2. The van der Waals surface area contributed by atoms with Gasteiger partial charge in [-0.05, 0) is 55.5 Å². The average Bonchev–Trinajstić information content (AvgIpc) is 3.22. The summed E-state index contributed by atoms with van der Waals surface area (Å²) in [4.78, 5) is 12.7. The summed E-state index contributed by atoms with van der Waals surface area (Å²) in [6.07, 6.45) is 3.05. The fourth-order valence-electron chi connectivity index (χ4n) is 3.88. The minimum atomic E-state index is -0.108. The molecule has 1 amide bonds. The molecular weight excluding hydrogens is 352 g/mol. The first-order valence-corrected chi connectivity index (χ1v) is 9.97. The van der Waals surface area contributed by atoms with Gasteiger partial charge >= 0.3 is 0 Å². The number of hydrogen-bond acceptors (Lipinski definition) is 4. The molecule has 0 spiro atoms. The monoisotopic (exact) mass is 382 g/mol. The van der Waals surface area contributed by atoms with Crippen LogP contribution in [0.2, 0.25) is 0 Å². The third-order valence-electron chi connectivity index (χ3n) is 5.58. The molecule has 0 aliphatic heterocycles. The molecule has 1 unspecified atom stereocenters. The third-order valence-corrected chi connectivity index (χ3v) is 5.58. The standard InChI is InChI=1S/C23H30N2O3/c1-16(25-23(26)20-10-6-9-19(20)14-24)18-11-12-21(22(13-18)27-2)28-15-17-7-4-3-5-8-17/h3-5,7-8,11-13,16,19-20H,6,9-10,14-15,24H2,1-2H3,(H,25,26)/t16?,19-,20-/m1/s1. The molecule has 0 aromatic heterocycles. The summed E-state index contributed by atoms with van der Waals surface area (Å²) in [6.45, 7) is 3.04. The van der Waals surface area contributed by atoms with Gasteiger partial charge in [-0.1, -0.05) is 42.8 Å². The Morgan fingerprint density at radius 2 is 1.96 bits per heavy atom. The first-order valence-electron chi connectivity index (χ1n) is 9.97. The lowest BCUT2D eigenvalue weighted by Gasteiger charge is -2.22.